The SMILES string of the molecule is CC(C)NC(=O)C(c1cccnc1)N(C(=O)c1ccco1)c1ccc(C(C)(C)C)cc1. The number of pyridine rings is 1. The Kier molecular flexibility index (Phi) is 6.59. The lowest BCUT2D eigenvalue weighted by Crippen LogP contribution is -2.45. The molecule has 0 aliphatic rings. The van der Waals surface area contributed by atoms with Gasteiger partial charge in [0.15, 0.2) is 5.76 Å². The number of hydrogen-bond acceptors (Lipinski definition) is 4. The third kappa shape index (κ3) is 5.20. The van der Waals surface area contributed by atoms with Crippen LogP contribution in [0, 0.1) is 0 Å². The maximum absolute atomic E-state index is 13.5. The van der Waals surface area contributed by atoms with Gasteiger partial charge in [0, 0.05) is 29.7 Å². The summed E-state index contributed by atoms with van der Waals surface area (Å²) in [6, 6.07) is 13.5. The number of rotatable bonds is 6. The minimum absolute atomic E-state index is 0.0356. The lowest BCUT2D eigenvalue weighted by Gasteiger charge is -2.31. The molecule has 2 aromatic heterocycles. The highest BCUT2D eigenvalue weighted by molar-refractivity contribution is 6.08. The molecule has 2 heterocycles. The smallest absolute Gasteiger partial charge is 0.294 e. The molecule has 3 aromatic rings. The van der Waals surface area contributed by atoms with Crippen LogP contribution in [0.2, 0.25) is 0 Å². The van der Waals surface area contributed by atoms with Crippen molar-refractivity contribution in [3.05, 3.63) is 84.1 Å². The van der Waals surface area contributed by atoms with E-state index in [9.17, 15) is 9.59 Å². The molecule has 3 rings (SSSR count). The molecule has 0 spiro atoms. The van der Waals surface area contributed by atoms with Gasteiger partial charge in [-0.2, -0.15) is 0 Å². The number of hydrogen-bond donors (Lipinski definition) is 1. The van der Waals surface area contributed by atoms with Crippen molar-refractivity contribution in [3.8, 4) is 0 Å². The maximum Gasteiger partial charge on any atom is 0.294 e. The van der Waals surface area contributed by atoms with Crippen LogP contribution in [0.1, 0.15) is 62.3 Å². The Labute approximate surface area is 183 Å². The average Bonchev–Trinajstić information content (AvgIpc) is 3.26. The van der Waals surface area contributed by atoms with E-state index in [1.54, 1.807) is 36.7 Å². The second-order valence-electron chi connectivity index (χ2n) is 8.80. The van der Waals surface area contributed by atoms with Gasteiger partial charge in [0.25, 0.3) is 5.91 Å². The number of nitrogens with zero attached hydrogens (tertiary/aromatic N) is 2. The minimum atomic E-state index is -0.908. The molecule has 0 bridgehead atoms. The van der Waals surface area contributed by atoms with Gasteiger partial charge in [-0.3, -0.25) is 19.5 Å². The van der Waals surface area contributed by atoms with E-state index in [4.69, 9.17) is 4.42 Å². The minimum Gasteiger partial charge on any atom is -0.459 e. The van der Waals surface area contributed by atoms with Crippen LogP contribution in [0.5, 0.6) is 0 Å². The van der Waals surface area contributed by atoms with E-state index >= 15 is 0 Å². The second-order valence-corrected chi connectivity index (χ2v) is 8.80. The highest BCUT2D eigenvalue weighted by Gasteiger charge is 2.35. The Bertz CT molecular complexity index is 1000. The molecule has 0 aliphatic heterocycles. The molecule has 1 atom stereocenters. The number of furan rings is 1. The summed E-state index contributed by atoms with van der Waals surface area (Å²) in [4.78, 5) is 32.5. The zero-order valence-electron chi connectivity index (χ0n) is 18.6. The van der Waals surface area contributed by atoms with E-state index in [-0.39, 0.29) is 23.1 Å². The van der Waals surface area contributed by atoms with Gasteiger partial charge in [0.2, 0.25) is 5.91 Å². The Morgan fingerprint density at radius 2 is 1.74 bits per heavy atom. The summed E-state index contributed by atoms with van der Waals surface area (Å²) in [6.45, 7) is 10.1. The van der Waals surface area contributed by atoms with Crippen molar-refractivity contribution in [1.29, 1.82) is 0 Å². The third-order valence-corrected chi connectivity index (χ3v) is 4.90. The molecule has 1 aromatic carbocycles. The van der Waals surface area contributed by atoms with Crippen LogP contribution in [0.15, 0.2) is 71.6 Å². The molecule has 6 heteroatoms. The second kappa shape index (κ2) is 9.16. The molecule has 0 saturated heterocycles. The number of aromatic nitrogens is 1. The summed E-state index contributed by atoms with van der Waals surface area (Å²) in [5.41, 5.74) is 2.31. The quantitative estimate of drug-likeness (QED) is 0.618. The number of anilines is 1. The van der Waals surface area contributed by atoms with E-state index in [2.05, 4.69) is 31.1 Å². The molecular weight excluding hydrogens is 390 g/mol. The Hall–Kier alpha value is -3.41. The molecule has 162 valence electrons. The molecule has 0 fully saturated rings. The average molecular weight is 420 g/mol. The van der Waals surface area contributed by atoms with Crippen LogP contribution in [0.25, 0.3) is 0 Å². The van der Waals surface area contributed by atoms with Gasteiger partial charge in [-0.05, 0) is 55.2 Å². The third-order valence-electron chi connectivity index (χ3n) is 4.90. The first-order valence-electron chi connectivity index (χ1n) is 10.4. The molecular formula is C25H29N3O3. The van der Waals surface area contributed by atoms with Crippen LogP contribution < -0.4 is 10.2 Å². The Morgan fingerprint density at radius 1 is 1.03 bits per heavy atom. The lowest BCUT2D eigenvalue weighted by molar-refractivity contribution is -0.123. The first-order valence-corrected chi connectivity index (χ1v) is 10.4. The van der Waals surface area contributed by atoms with Crippen molar-refractivity contribution in [2.24, 2.45) is 0 Å². The van der Waals surface area contributed by atoms with Crippen molar-refractivity contribution in [2.45, 2.75) is 52.1 Å². The fourth-order valence-electron chi connectivity index (χ4n) is 3.34. The summed E-state index contributed by atoms with van der Waals surface area (Å²) in [5, 5.41) is 2.94. The van der Waals surface area contributed by atoms with E-state index < -0.39 is 11.9 Å². The van der Waals surface area contributed by atoms with Crippen LogP contribution in [-0.4, -0.2) is 22.8 Å². The topological polar surface area (TPSA) is 75.4 Å². The maximum atomic E-state index is 13.5. The van der Waals surface area contributed by atoms with Gasteiger partial charge in [0.1, 0.15) is 6.04 Å². The van der Waals surface area contributed by atoms with Crippen LogP contribution in [0.3, 0.4) is 0 Å². The van der Waals surface area contributed by atoms with Gasteiger partial charge in [0.05, 0.1) is 6.26 Å². The Morgan fingerprint density at radius 3 is 2.26 bits per heavy atom. The summed E-state index contributed by atoms with van der Waals surface area (Å²) in [7, 11) is 0. The molecule has 1 N–H and O–H groups in total. The van der Waals surface area contributed by atoms with Crippen molar-refractivity contribution in [2.75, 3.05) is 4.90 Å². The van der Waals surface area contributed by atoms with Gasteiger partial charge in [-0.25, -0.2) is 0 Å². The highest BCUT2D eigenvalue weighted by atomic mass is 16.3. The largest absolute Gasteiger partial charge is 0.459 e. The lowest BCUT2D eigenvalue weighted by atomic mass is 9.87. The van der Waals surface area contributed by atoms with Crippen LogP contribution >= 0.6 is 0 Å². The van der Waals surface area contributed by atoms with Crippen LogP contribution in [0.4, 0.5) is 5.69 Å². The summed E-state index contributed by atoms with van der Waals surface area (Å²) in [5.74, 6) is -0.532. The van der Waals surface area contributed by atoms with E-state index in [0.29, 0.717) is 11.3 Å². The number of amides is 2. The van der Waals surface area contributed by atoms with E-state index in [0.717, 1.165) is 5.56 Å². The van der Waals surface area contributed by atoms with Gasteiger partial charge in [-0.15, -0.1) is 0 Å². The summed E-state index contributed by atoms with van der Waals surface area (Å²) >= 11 is 0. The fourth-order valence-corrected chi connectivity index (χ4v) is 3.34. The van der Waals surface area contributed by atoms with Crippen molar-refractivity contribution in [1.82, 2.24) is 10.3 Å². The Balaban J connectivity index is 2.14. The zero-order valence-corrected chi connectivity index (χ0v) is 18.6. The zero-order chi connectivity index (χ0) is 22.6. The monoisotopic (exact) mass is 419 g/mol. The number of benzene rings is 1. The van der Waals surface area contributed by atoms with Crippen molar-refractivity contribution < 1.29 is 14.0 Å². The van der Waals surface area contributed by atoms with E-state index in [1.807, 2.05) is 38.1 Å². The van der Waals surface area contributed by atoms with Gasteiger partial charge in [-0.1, -0.05) is 39.0 Å². The predicted octanol–water partition coefficient (Wildman–Crippen LogP) is 4.88. The predicted molar refractivity (Wildman–Crippen MR) is 121 cm³/mol. The standard InChI is InChI=1S/C25H29N3O3/c1-17(2)27-23(29)22(18-8-6-14-26-16-18)28(24(30)21-9-7-15-31-21)20-12-10-19(11-13-20)25(3,4)5/h6-17,22H,1-5H3,(H,27,29). The first kappa shape index (κ1) is 22.3. The van der Waals surface area contributed by atoms with E-state index in [1.165, 1.54) is 11.2 Å². The summed E-state index contributed by atoms with van der Waals surface area (Å²) < 4.78 is 5.38. The number of carbonyl (C=O) groups excluding carboxylic acids is 2. The first-order chi connectivity index (χ1) is 14.7. The molecule has 31 heavy (non-hydrogen) atoms. The van der Waals surface area contributed by atoms with Gasteiger partial charge >= 0.3 is 0 Å². The summed E-state index contributed by atoms with van der Waals surface area (Å²) in [6.07, 6.45) is 4.69. The highest BCUT2D eigenvalue weighted by Crippen LogP contribution is 2.32. The molecule has 0 aliphatic carbocycles. The molecule has 2 amide bonds. The molecule has 0 saturated carbocycles. The van der Waals surface area contributed by atoms with Gasteiger partial charge < -0.3 is 9.73 Å². The normalized spacial score (nSPS) is 12.5. The molecule has 0 radical (unpaired) electrons. The molecule has 1 unspecified atom stereocenters. The number of nitrogens with one attached hydrogen (secondary N) is 1. The fraction of sp³-hybridized carbons (Fsp3) is 0.320. The number of carbonyl (C=O) groups is 2. The van der Waals surface area contributed by atoms with Crippen molar-refractivity contribution in [3.63, 3.8) is 0 Å². The van der Waals surface area contributed by atoms with Crippen LogP contribution in [-0.2, 0) is 10.2 Å². The molecule has 6 nitrogen and oxygen atoms in total. The van der Waals surface area contributed by atoms with Crippen molar-refractivity contribution >= 4 is 17.5 Å².